The molecule has 2 rings (SSSR count). The van der Waals surface area contributed by atoms with Gasteiger partial charge in [0.25, 0.3) is 0 Å². The third-order valence-electron chi connectivity index (χ3n) is 3.61. The van der Waals surface area contributed by atoms with Crippen molar-refractivity contribution in [3.63, 3.8) is 0 Å². The van der Waals surface area contributed by atoms with Crippen LogP contribution in [0.1, 0.15) is 24.5 Å². The number of benzene rings is 1. The van der Waals surface area contributed by atoms with Crippen LogP contribution >= 0.6 is 0 Å². The summed E-state index contributed by atoms with van der Waals surface area (Å²) in [7, 11) is -3.39. The van der Waals surface area contributed by atoms with E-state index in [1.807, 2.05) is 0 Å². The lowest BCUT2D eigenvalue weighted by molar-refractivity contribution is 0.463. The lowest BCUT2D eigenvalue weighted by Crippen LogP contribution is -2.30. The van der Waals surface area contributed by atoms with Gasteiger partial charge >= 0.3 is 0 Å². The Hall–Kier alpha value is -1.11. The molecule has 1 fully saturated rings. The fourth-order valence-electron chi connectivity index (χ4n) is 2.68. The van der Waals surface area contributed by atoms with Crippen LogP contribution in [0.2, 0.25) is 0 Å². The van der Waals surface area contributed by atoms with Crippen LogP contribution in [0.4, 0.5) is 5.69 Å². The lowest BCUT2D eigenvalue weighted by atomic mass is 10.1. The first-order valence-corrected chi connectivity index (χ1v) is 7.88. The molecule has 0 spiro atoms. The molecule has 1 atom stereocenters. The van der Waals surface area contributed by atoms with E-state index < -0.39 is 10.0 Å². The predicted molar refractivity (Wildman–Crippen MR) is 76.3 cm³/mol. The van der Waals surface area contributed by atoms with Crippen LogP contribution in [0, 0.1) is 19.8 Å². The summed E-state index contributed by atoms with van der Waals surface area (Å²) in [6.45, 7) is 6.91. The van der Waals surface area contributed by atoms with Crippen molar-refractivity contribution >= 4 is 15.7 Å². The molecule has 1 aliphatic rings. The van der Waals surface area contributed by atoms with Gasteiger partial charge in [0.15, 0.2) is 0 Å². The van der Waals surface area contributed by atoms with Crippen LogP contribution in [0.15, 0.2) is 17.0 Å². The molecular weight excluding hydrogens is 262 g/mol. The Labute approximate surface area is 114 Å². The van der Waals surface area contributed by atoms with E-state index in [9.17, 15) is 8.42 Å². The summed E-state index contributed by atoms with van der Waals surface area (Å²) in [6, 6.07) is 3.53. The Morgan fingerprint density at radius 2 is 1.89 bits per heavy atom. The van der Waals surface area contributed by atoms with Crippen molar-refractivity contribution < 1.29 is 8.42 Å². The van der Waals surface area contributed by atoms with E-state index in [0.29, 0.717) is 23.9 Å². The zero-order valence-electron chi connectivity index (χ0n) is 11.6. The van der Waals surface area contributed by atoms with E-state index >= 15 is 0 Å². The standard InChI is InChI=1S/C13H21N3O2S/c1-9-4-5-16(8-9)19(17,18)13-10(2)6-12(15-14)7-11(13)3/h6-7,9,15H,4-5,8,14H2,1-3H3. The monoisotopic (exact) mass is 283 g/mol. The molecule has 5 nitrogen and oxygen atoms in total. The number of hydrogen-bond donors (Lipinski definition) is 2. The molecular formula is C13H21N3O2S. The lowest BCUT2D eigenvalue weighted by Gasteiger charge is -2.20. The number of nitrogens with zero attached hydrogens (tertiary/aromatic N) is 1. The van der Waals surface area contributed by atoms with Crippen LogP contribution in [0.25, 0.3) is 0 Å². The first kappa shape index (κ1) is 14.3. The van der Waals surface area contributed by atoms with Crippen molar-refractivity contribution in [3.05, 3.63) is 23.3 Å². The van der Waals surface area contributed by atoms with Gasteiger partial charge in [0.05, 0.1) is 4.90 Å². The molecule has 0 aromatic heterocycles. The number of anilines is 1. The number of hydrogen-bond acceptors (Lipinski definition) is 4. The highest BCUT2D eigenvalue weighted by Gasteiger charge is 2.32. The zero-order valence-corrected chi connectivity index (χ0v) is 12.4. The summed E-state index contributed by atoms with van der Waals surface area (Å²) in [6.07, 6.45) is 0.930. The van der Waals surface area contributed by atoms with Crippen molar-refractivity contribution in [1.82, 2.24) is 4.31 Å². The minimum atomic E-state index is -3.39. The molecule has 0 aliphatic carbocycles. The Kier molecular flexibility index (Phi) is 3.85. The van der Waals surface area contributed by atoms with Crippen LogP contribution in [0.3, 0.4) is 0 Å². The van der Waals surface area contributed by atoms with E-state index in [-0.39, 0.29) is 0 Å². The SMILES string of the molecule is Cc1cc(NN)cc(C)c1S(=O)(=O)N1CCC(C)C1. The number of aryl methyl sites for hydroxylation is 2. The highest BCUT2D eigenvalue weighted by atomic mass is 32.2. The third-order valence-corrected chi connectivity index (χ3v) is 5.78. The van der Waals surface area contributed by atoms with Gasteiger partial charge in [-0.2, -0.15) is 4.31 Å². The normalized spacial score (nSPS) is 20.7. The maximum absolute atomic E-state index is 12.7. The molecule has 1 aromatic carbocycles. The summed E-state index contributed by atoms with van der Waals surface area (Å²) in [5, 5.41) is 0. The van der Waals surface area contributed by atoms with Crippen molar-refractivity contribution in [2.75, 3.05) is 18.5 Å². The average Bonchev–Trinajstić information content (AvgIpc) is 2.75. The van der Waals surface area contributed by atoms with Crippen LogP contribution in [-0.2, 0) is 10.0 Å². The number of nitrogen functional groups attached to an aromatic ring is 1. The quantitative estimate of drug-likeness (QED) is 0.653. The second-order valence-corrected chi connectivity index (χ2v) is 7.22. The van der Waals surface area contributed by atoms with Gasteiger partial charge < -0.3 is 5.43 Å². The summed E-state index contributed by atoms with van der Waals surface area (Å²) in [5.74, 6) is 5.81. The molecule has 1 saturated heterocycles. The summed E-state index contributed by atoms with van der Waals surface area (Å²) in [4.78, 5) is 0.417. The summed E-state index contributed by atoms with van der Waals surface area (Å²) >= 11 is 0. The molecule has 0 radical (unpaired) electrons. The Balaban J connectivity index is 2.46. The first-order valence-electron chi connectivity index (χ1n) is 6.44. The van der Waals surface area contributed by atoms with Gasteiger partial charge in [-0.1, -0.05) is 6.92 Å². The number of hydrazine groups is 1. The summed E-state index contributed by atoms with van der Waals surface area (Å²) < 4.78 is 27.0. The van der Waals surface area contributed by atoms with E-state index in [0.717, 1.165) is 23.2 Å². The van der Waals surface area contributed by atoms with Crippen molar-refractivity contribution in [3.8, 4) is 0 Å². The zero-order chi connectivity index (χ0) is 14.2. The van der Waals surface area contributed by atoms with Crippen molar-refractivity contribution in [2.24, 2.45) is 11.8 Å². The fraction of sp³-hybridized carbons (Fsp3) is 0.538. The minimum absolute atomic E-state index is 0.417. The third kappa shape index (κ3) is 2.61. The smallest absolute Gasteiger partial charge is 0.243 e. The van der Waals surface area contributed by atoms with Crippen LogP contribution in [0.5, 0.6) is 0 Å². The minimum Gasteiger partial charge on any atom is -0.324 e. The Morgan fingerprint density at radius 3 is 2.32 bits per heavy atom. The average molecular weight is 283 g/mol. The molecule has 1 aromatic rings. The van der Waals surface area contributed by atoms with E-state index in [4.69, 9.17) is 5.84 Å². The maximum atomic E-state index is 12.7. The van der Waals surface area contributed by atoms with E-state index in [1.165, 1.54) is 0 Å². The molecule has 19 heavy (non-hydrogen) atoms. The van der Waals surface area contributed by atoms with E-state index in [1.54, 1.807) is 30.3 Å². The van der Waals surface area contributed by atoms with Crippen molar-refractivity contribution in [2.45, 2.75) is 32.1 Å². The van der Waals surface area contributed by atoms with Gasteiger partial charge in [0, 0.05) is 18.8 Å². The highest BCUT2D eigenvalue weighted by molar-refractivity contribution is 7.89. The van der Waals surface area contributed by atoms with Gasteiger partial charge in [-0.05, 0) is 49.4 Å². The summed E-state index contributed by atoms with van der Waals surface area (Å²) in [5.41, 5.74) is 4.74. The van der Waals surface area contributed by atoms with Crippen LogP contribution < -0.4 is 11.3 Å². The van der Waals surface area contributed by atoms with Gasteiger partial charge in [-0.15, -0.1) is 0 Å². The largest absolute Gasteiger partial charge is 0.324 e. The second-order valence-electron chi connectivity index (χ2n) is 5.34. The first-order chi connectivity index (χ1) is 8.86. The highest BCUT2D eigenvalue weighted by Crippen LogP contribution is 2.30. The second kappa shape index (κ2) is 5.11. The molecule has 3 N–H and O–H groups in total. The van der Waals surface area contributed by atoms with Gasteiger partial charge in [-0.25, -0.2) is 8.42 Å². The fourth-order valence-corrected chi connectivity index (χ4v) is 4.67. The topological polar surface area (TPSA) is 75.4 Å². The molecule has 0 amide bonds. The number of nitrogens with one attached hydrogen (secondary N) is 1. The molecule has 6 heteroatoms. The van der Waals surface area contributed by atoms with E-state index in [2.05, 4.69) is 12.3 Å². The number of rotatable bonds is 3. The molecule has 1 unspecified atom stereocenters. The molecule has 106 valence electrons. The molecule has 0 bridgehead atoms. The molecule has 1 aliphatic heterocycles. The van der Waals surface area contributed by atoms with Gasteiger partial charge in [0.2, 0.25) is 10.0 Å². The molecule has 1 heterocycles. The van der Waals surface area contributed by atoms with Crippen molar-refractivity contribution in [1.29, 1.82) is 0 Å². The van der Waals surface area contributed by atoms with Gasteiger partial charge in [0.1, 0.15) is 0 Å². The Morgan fingerprint density at radius 1 is 1.32 bits per heavy atom. The van der Waals surface area contributed by atoms with Gasteiger partial charge in [-0.3, -0.25) is 5.84 Å². The van der Waals surface area contributed by atoms with Crippen LogP contribution in [-0.4, -0.2) is 25.8 Å². The number of sulfonamides is 1. The molecule has 0 saturated carbocycles. The number of nitrogens with two attached hydrogens (primary N) is 1. The predicted octanol–water partition coefficient (Wildman–Crippen LogP) is 1.62. The Bertz CT molecular complexity index is 561. The maximum Gasteiger partial charge on any atom is 0.243 e.